The number of carbonyl (C=O) groups is 1. The fourth-order valence-corrected chi connectivity index (χ4v) is 4.89. The van der Waals surface area contributed by atoms with Gasteiger partial charge in [0.15, 0.2) is 0 Å². The summed E-state index contributed by atoms with van der Waals surface area (Å²) in [6, 6.07) is 8.22. The number of fused-ring (bicyclic) bond motifs is 1. The van der Waals surface area contributed by atoms with Gasteiger partial charge in [-0.1, -0.05) is 6.92 Å². The highest BCUT2D eigenvalue weighted by atomic mass is 16.5. The lowest BCUT2D eigenvalue weighted by molar-refractivity contribution is -0.155. The van der Waals surface area contributed by atoms with Crippen LogP contribution in [0.5, 0.6) is 5.75 Å². The molecule has 182 valence electrons. The predicted octanol–water partition coefficient (Wildman–Crippen LogP) is 4.76. The van der Waals surface area contributed by atoms with Crippen LogP contribution < -0.4 is 9.64 Å². The monoisotopic (exact) mass is 473 g/mol. The number of nitrogens with zero attached hydrogens (tertiary/aromatic N) is 5. The Morgan fingerprint density at radius 3 is 2.69 bits per heavy atom. The first kappa shape index (κ1) is 23.2. The topological polar surface area (TPSA) is 92.7 Å². The smallest absolute Gasteiger partial charge is 0.306 e. The molecule has 0 N–H and O–H groups in total. The molecule has 0 unspecified atom stereocenters. The van der Waals surface area contributed by atoms with Gasteiger partial charge in [0.2, 0.25) is 0 Å². The van der Waals surface area contributed by atoms with E-state index < -0.39 is 0 Å². The summed E-state index contributed by atoms with van der Waals surface area (Å²) in [5.41, 5.74) is 2.99. The lowest BCUT2D eigenvalue weighted by atomic mass is 9.77. The Morgan fingerprint density at radius 1 is 1.26 bits per heavy atom. The van der Waals surface area contributed by atoms with Crippen molar-refractivity contribution in [2.75, 3.05) is 24.6 Å². The molecule has 4 heterocycles. The molecule has 1 saturated heterocycles. The first-order valence-corrected chi connectivity index (χ1v) is 12.4. The maximum atomic E-state index is 12.3. The molecule has 1 saturated carbocycles. The van der Waals surface area contributed by atoms with Crippen LogP contribution in [0.2, 0.25) is 0 Å². The Hall–Kier alpha value is -3.60. The lowest BCUT2D eigenvalue weighted by Crippen LogP contribution is -2.40. The van der Waals surface area contributed by atoms with Crippen LogP contribution >= 0.6 is 0 Å². The minimum Gasteiger partial charge on any atom is -0.492 e. The van der Waals surface area contributed by atoms with Crippen LogP contribution in [0.15, 0.2) is 36.8 Å². The lowest BCUT2D eigenvalue weighted by Gasteiger charge is -2.39. The van der Waals surface area contributed by atoms with Gasteiger partial charge in [-0.3, -0.25) is 4.79 Å². The van der Waals surface area contributed by atoms with Crippen LogP contribution in [0.25, 0.3) is 16.6 Å². The van der Waals surface area contributed by atoms with E-state index in [1.54, 1.807) is 16.9 Å². The number of ether oxygens (including phenoxy) is 2. The molecular formula is C27H31N5O3. The highest BCUT2D eigenvalue weighted by Gasteiger charge is 2.34. The number of rotatable bonds is 7. The number of esters is 1. The summed E-state index contributed by atoms with van der Waals surface area (Å²) < 4.78 is 13.0. The minimum absolute atomic E-state index is 0.0295. The van der Waals surface area contributed by atoms with Crippen molar-refractivity contribution in [3.63, 3.8) is 0 Å². The number of hydrogen-bond donors (Lipinski definition) is 0. The van der Waals surface area contributed by atoms with E-state index >= 15 is 0 Å². The molecular weight excluding hydrogens is 442 g/mol. The first-order valence-electron chi connectivity index (χ1n) is 12.4. The zero-order chi connectivity index (χ0) is 24.4. The van der Waals surface area contributed by atoms with Crippen molar-refractivity contribution in [1.82, 2.24) is 14.6 Å². The second-order valence-corrected chi connectivity index (χ2v) is 9.91. The molecule has 2 fully saturated rings. The second-order valence-electron chi connectivity index (χ2n) is 9.91. The molecule has 1 aliphatic carbocycles. The maximum absolute atomic E-state index is 12.3. The summed E-state index contributed by atoms with van der Waals surface area (Å²) >= 11 is 0. The average Bonchev–Trinajstić information content (AvgIpc) is 3.25. The fraction of sp³-hybridized carbons (Fsp3) is 0.481. The number of nitriles is 1. The minimum atomic E-state index is -0.0506. The molecule has 0 atom stereocenters. The molecule has 8 heteroatoms. The van der Waals surface area contributed by atoms with Crippen molar-refractivity contribution in [3.8, 4) is 22.9 Å². The first-order chi connectivity index (χ1) is 17.0. The standard InChI is InChI=1S/C27H31N5O3/c1-3-34-22-13-23(26-20(15-28)17-30-32(26)18-22)19-7-8-24(29-16-19)31-11-9-27(2,10-12-31)14-25(33)35-21-5-4-6-21/h7-8,13,16-18,21H,3-6,9-12,14H2,1-2H3. The van der Waals surface area contributed by atoms with Gasteiger partial charge in [0.05, 0.1) is 36.5 Å². The van der Waals surface area contributed by atoms with Gasteiger partial charge in [0.25, 0.3) is 0 Å². The molecule has 0 amide bonds. The van der Waals surface area contributed by atoms with Gasteiger partial charge >= 0.3 is 5.97 Å². The van der Waals surface area contributed by atoms with Crippen LogP contribution in [-0.4, -0.2) is 46.4 Å². The number of pyridine rings is 2. The van der Waals surface area contributed by atoms with E-state index in [4.69, 9.17) is 14.5 Å². The van der Waals surface area contributed by atoms with Crippen LogP contribution in [0.4, 0.5) is 5.82 Å². The molecule has 1 aliphatic heterocycles. The normalized spacial score (nSPS) is 17.6. The number of hydrogen-bond acceptors (Lipinski definition) is 7. The van der Waals surface area contributed by atoms with Crippen molar-refractivity contribution in [2.24, 2.45) is 5.41 Å². The predicted molar refractivity (Wildman–Crippen MR) is 132 cm³/mol. The van der Waals surface area contributed by atoms with E-state index in [9.17, 15) is 10.1 Å². The molecule has 0 aromatic carbocycles. The summed E-state index contributed by atoms with van der Waals surface area (Å²) in [7, 11) is 0. The molecule has 0 bridgehead atoms. The van der Waals surface area contributed by atoms with Crippen LogP contribution in [0.1, 0.15) is 57.9 Å². The quantitative estimate of drug-likeness (QED) is 0.457. The molecule has 0 radical (unpaired) electrons. The van der Waals surface area contributed by atoms with Gasteiger partial charge in [-0.05, 0) is 62.6 Å². The van der Waals surface area contributed by atoms with Crippen molar-refractivity contribution < 1.29 is 14.3 Å². The van der Waals surface area contributed by atoms with E-state index in [1.165, 1.54) is 6.42 Å². The van der Waals surface area contributed by atoms with Crippen LogP contribution in [-0.2, 0) is 9.53 Å². The Labute approximate surface area is 205 Å². The third-order valence-corrected chi connectivity index (χ3v) is 7.29. The van der Waals surface area contributed by atoms with Gasteiger partial charge in [0.1, 0.15) is 23.7 Å². The van der Waals surface area contributed by atoms with E-state index in [0.717, 1.165) is 61.2 Å². The molecule has 35 heavy (non-hydrogen) atoms. The summed E-state index contributed by atoms with van der Waals surface area (Å²) in [6.45, 7) is 6.37. The summed E-state index contributed by atoms with van der Waals surface area (Å²) in [4.78, 5) is 19.4. The summed E-state index contributed by atoms with van der Waals surface area (Å²) in [6.07, 6.45) is 10.9. The third kappa shape index (κ3) is 4.81. The zero-order valence-electron chi connectivity index (χ0n) is 20.4. The summed E-state index contributed by atoms with van der Waals surface area (Å²) in [5, 5.41) is 13.9. The van der Waals surface area contributed by atoms with E-state index in [0.29, 0.717) is 24.3 Å². The zero-order valence-corrected chi connectivity index (χ0v) is 20.4. The highest BCUT2D eigenvalue weighted by molar-refractivity contribution is 5.85. The highest BCUT2D eigenvalue weighted by Crippen LogP contribution is 2.37. The van der Waals surface area contributed by atoms with Crippen molar-refractivity contribution in [3.05, 3.63) is 42.4 Å². The Kier molecular flexibility index (Phi) is 6.33. The third-order valence-electron chi connectivity index (χ3n) is 7.29. The largest absolute Gasteiger partial charge is 0.492 e. The van der Waals surface area contributed by atoms with Gasteiger partial charge < -0.3 is 14.4 Å². The molecule has 3 aromatic rings. The van der Waals surface area contributed by atoms with Gasteiger partial charge in [-0.2, -0.15) is 10.4 Å². The SMILES string of the molecule is CCOc1cc(-c2ccc(N3CCC(C)(CC(=O)OC4CCC4)CC3)nc2)c2c(C#N)cnn2c1. The van der Waals surface area contributed by atoms with Gasteiger partial charge in [0, 0.05) is 30.4 Å². The summed E-state index contributed by atoms with van der Waals surface area (Å²) in [5.74, 6) is 1.56. The molecule has 3 aromatic heterocycles. The molecule has 2 aliphatic rings. The maximum Gasteiger partial charge on any atom is 0.306 e. The molecule has 0 spiro atoms. The molecule has 5 rings (SSSR count). The number of carbonyl (C=O) groups excluding carboxylic acids is 1. The fourth-order valence-electron chi connectivity index (χ4n) is 4.89. The second kappa shape index (κ2) is 9.57. The van der Waals surface area contributed by atoms with Crippen molar-refractivity contribution in [1.29, 1.82) is 5.26 Å². The number of aromatic nitrogens is 3. The van der Waals surface area contributed by atoms with Crippen molar-refractivity contribution >= 4 is 17.3 Å². The van der Waals surface area contributed by atoms with Gasteiger partial charge in [-0.25, -0.2) is 9.50 Å². The van der Waals surface area contributed by atoms with Crippen molar-refractivity contribution in [2.45, 2.75) is 58.5 Å². The number of anilines is 1. The Balaban J connectivity index is 1.29. The van der Waals surface area contributed by atoms with E-state index in [-0.39, 0.29) is 17.5 Å². The number of piperidine rings is 1. The average molecular weight is 474 g/mol. The Bertz CT molecular complexity index is 1250. The van der Waals surface area contributed by atoms with Crippen LogP contribution in [0, 0.1) is 16.7 Å². The Morgan fingerprint density at radius 2 is 2.06 bits per heavy atom. The van der Waals surface area contributed by atoms with Gasteiger partial charge in [-0.15, -0.1) is 0 Å². The molecule has 8 nitrogen and oxygen atoms in total. The van der Waals surface area contributed by atoms with E-state index in [1.807, 2.05) is 31.3 Å². The van der Waals surface area contributed by atoms with E-state index in [2.05, 4.69) is 23.0 Å². The van der Waals surface area contributed by atoms with Crippen LogP contribution in [0.3, 0.4) is 0 Å².